The van der Waals surface area contributed by atoms with Gasteiger partial charge in [0.1, 0.15) is 0 Å². The number of halogens is 1. The zero-order valence-corrected chi connectivity index (χ0v) is 10.2. The van der Waals surface area contributed by atoms with Gasteiger partial charge in [-0.25, -0.2) is 0 Å². The van der Waals surface area contributed by atoms with Crippen LogP contribution in [0.4, 0.5) is 0 Å². The Morgan fingerprint density at radius 2 is 1.94 bits per heavy atom. The lowest BCUT2D eigenvalue weighted by atomic mass is 9.95. The molecule has 1 aliphatic carbocycles. The first-order valence-corrected chi connectivity index (χ1v) is 6.09. The summed E-state index contributed by atoms with van der Waals surface area (Å²) in [5.41, 5.74) is 1.11. The Bertz CT molecular complexity index is 392. The fourth-order valence-corrected chi connectivity index (χ4v) is 1.92. The maximum absolute atomic E-state index is 5.82. The molecule has 0 bridgehead atoms. The lowest BCUT2D eigenvalue weighted by molar-refractivity contribution is 0.544. The second-order valence-corrected chi connectivity index (χ2v) is 4.77. The van der Waals surface area contributed by atoms with Crippen molar-refractivity contribution < 1.29 is 0 Å². The average Bonchev–Trinajstić information content (AvgIpc) is 2.30. The number of allylic oxidation sites excluding steroid dienone is 1. The van der Waals surface area contributed by atoms with E-state index < -0.39 is 0 Å². The molecule has 2 unspecified atom stereocenters. The summed E-state index contributed by atoms with van der Waals surface area (Å²) in [6.07, 6.45) is 8.79. The second-order valence-electron chi connectivity index (χ2n) is 4.34. The fourth-order valence-electron chi connectivity index (χ4n) is 1.80. The van der Waals surface area contributed by atoms with Gasteiger partial charge in [-0.1, -0.05) is 42.8 Å². The van der Waals surface area contributed by atoms with Gasteiger partial charge in [0.25, 0.3) is 0 Å². The largest absolute Gasteiger partial charge is 0.285 e. The van der Waals surface area contributed by atoms with Crippen molar-refractivity contribution in [2.45, 2.75) is 25.8 Å². The highest BCUT2D eigenvalue weighted by molar-refractivity contribution is 6.30. The van der Waals surface area contributed by atoms with Crippen LogP contribution in [0, 0.1) is 5.92 Å². The smallest absolute Gasteiger partial charge is 0.0680 e. The van der Waals surface area contributed by atoms with Crippen molar-refractivity contribution in [3.8, 4) is 0 Å². The highest BCUT2D eigenvalue weighted by Gasteiger charge is 2.10. The number of hydrogen-bond acceptors (Lipinski definition) is 1. The summed E-state index contributed by atoms with van der Waals surface area (Å²) in [5, 5.41) is 0.767. The molecular weight excluding hydrogens is 218 g/mol. The Morgan fingerprint density at radius 1 is 1.19 bits per heavy atom. The van der Waals surface area contributed by atoms with Gasteiger partial charge in [-0.2, -0.15) is 0 Å². The monoisotopic (exact) mass is 233 g/mol. The summed E-state index contributed by atoms with van der Waals surface area (Å²) in [7, 11) is 0. The molecule has 0 saturated heterocycles. The minimum Gasteiger partial charge on any atom is -0.285 e. The quantitative estimate of drug-likeness (QED) is 0.539. The molecule has 0 radical (unpaired) electrons. The van der Waals surface area contributed by atoms with Crippen molar-refractivity contribution in [2.75, 3.05) is 0 Å². The van der Waals surface area contributed by atoms with Crippen molar-refractivity contribution in [1.82, 2.24) is 0 Å². The maximum Gasteiger partial charge on any atom is 0.0680 e. The molecule has 2 rings (SSSR count). The minimum absolute atomic E-state index is 0.354. The van der Waals surface area contributed by atoms with Crippen LogP contribution < -0.4 is 0 Å². The molecule has 0 aliphatic heterocycles. The zero-order chi connectivity index (χ0) is 11.4. The van der Waals surface area contributed by atoms with E-state index in [0.29, 0.717) is 12.0 Å². The van der Waals surface area contributed by atoms with Gasteiger partial charge in [-0.05, 0) is 36.5 Å². The molecule has 1 aromatic rings. The molecule has 0 amide bonds. The molecule has 0 heterocycles. The van der Waals surface area contributed by atoms with Gasteiger partial charge in [0.05, 0.1) is 6.04 Å². The standard InChI is InChI=1S/C14H16ClN/c1-11-2-8-14(9-3-11)16-10-12-4-6-13(15)7-5-12/h2,4-8,10-11,14H,3,9H2,1H3. The van der Waals surface area contributed by atoms with E-state index in [2.05, 4.69) is 24.1 Å². The first-order valence-electron chi connectivity index (χ1n) is 5.71. The number of benzene rings is 1. The van der Waals surface area contributed by atoms with Crippen LogP contribution in [0.5, 0.6) is 0 Å². The summed E-state index contributed by atoms with van der Waals surface area (Å²) < 4.78 is 0. The molecule has 0 saturated carbocycles. The summed E-state index contributed by atoms with van der Waals surface area (Å²) in [6.45, 7) is 2.25. The SMILES string of the molecule is CC1C=CC(N=Cc2ccc(Cl)cc2)CC1. The van der Waals surface area contributed by atoms with Crippen LogP contribution in [-0.2, 0) is 0 Å². The Labute approximate surface area is 102 Å². The molecule has 16 heavy (non-hydrogen) atoms. The average molecular weight is 234 g/mol. The highest BCUT2D eigenvalue weighted by Crippen LogP contribution is 2.18. The molecule has 0 spiro atoms. The van der Waals surface area contributed by atoms with E-state index in [1.807, 2.05) is 30.5 Å². The van der Waals surface area contributed by atoms with Crippen molar-refractivity contribution in [2.24, 2.45) is 10.9 Å². The number of hydrogen-bond donors (Lipinski definition) is 0. The van der Waals surface area contributed by atoms with Crippen LogP contribution in [0.3, 0.4) is 0 Å². The van der Waals surface area contributed by atoms with Gasteiger partial charge >= 0.3 is 0 Å². The van der Waals surface area contributed by atoms with Crippen LogP contribution >= 0.6 is 11.6 Å². The predicted molar refractivity (Wildman–Crippen MR) is 70.4 cm³/mol. The minimum atomic E-state index is 0.354. The third-order valence-electron chi connectivity index (χ3n) is 2.86. The lowest BCUT2D eigenvalue weighted by Crippen LogP contribution is -2.09. The molecule has 1 aromatic carbocycles. The summed E-state index contributed by atoms with van der Waals surface area (Å²) >= 11 is 5.82. The molecule has 84 valence electrons. The highest BCUT2D eigenvalue weighted by atomic mass is 35.5. The Balaban J connectivity index is 1.99. The van der Waals surface area contributed by atoms with E-state index in [1.165, 1.54) is 6.42 Å². The van der Waals surface area contributed by atoms with Crippen LogP contribution in [0.1, 0.15) is 25.3 Å². The van der Waals surface area contributed by atoms with E-state index in [0.717, 1.165) is 17.0 Å². The normalized spacial score (nSPS) is 25.1. The van der Waals surface area contributed by atoms with Gasteiger partial charge in [0.2, 0.25) is 0 Å². The summed E-state index contributed by atoms with van der Waals surface area (Å²) in [4.78, 5) is 4.56. The molecule has 0 N–H and O–H groups in total. The van der Waals surface area contributed by atoms with Crippen molar-refractivity contribution >= 4 is 17.8 Å². The van der Waals surface area contributed by atoms with Gasteiger partial charge < -0.3 is 0 Å². The van der Waals surface area contributed by atoms with Crippen molar-refractivity contribution in [3.63, 3.8) is 0 Å². The number of nitrogens with zero attached hydrogens (tertiary/aromatic N) is 1. The van der Waals surface area contributed by atoms with E-state index in [9.17, 15) is 0 Å². The van der Waals surface area contributed by atoms with Gasteiger partial charge in [-0.3, -0.25) is 4.99 Å². The van der Waals surface area contributed by atoms with Crippen LogP contribution in [0.15, 0.2) is 41.4 Å². The molecule has 2 heteroatoms. The maximum atomic E-state index is 5.82. The van der Waals surface area contributed by atoms with E-state index >= 15 is 0 Å². The first kappa shape index (κ1) is 11.4. The van der Waals surface area contributed by atoms with Crippen LogP contribution in [0.2, 0.25) is 5.02 Å². The van der Waals surface area contributed by atoms with Crippen molar-refractivity contribution in [1.29, 1.82) is 0 Å². The topological polar surface area (TPSA) is 12.4 Å². The van der Waals surface area contributed by atoms with E-state index in [1.54, 1.807) is 0 Å². The number of aliphatic imine (C=N–C) groups is 1. The van der Waals surface area contributed by atoms with Crippen LogP contribution in [-0.4, -0.2) is 12.3 Å². The molecular formula is C14H16ClN. The zero-order valence-electron chi connectivity index (χ0n) is 9.44. The first-order chi connectivity index (χ1) is 7.74. The lowest BCUT2D eigenvalue weighted by Gasteiger charge is -2.16. The Morgan fingerprint density at radius 3 is 2.56 bits per heavy atom. The fraction of sp³-hybridized carbons (Fsp3) is 0.357. The number of rotatable bonds is 2. The summed E-state index contributed by atoms with van der Waals surface area (Å²) in [5.74, 6) is 0.710. The second kappa shape index (κ2) is 5.31. The van der Waals surface area contributed by atoms with Gasteiger partial charge in [0.15, 0.2) is 0 Å². The van der Waals surface area contributed by atoms with Gasteiger partial charge in [-0.15, -0.1) is 0 Å². The Kier molecular flexibility index (Phi) is 3.79. The summed E-state index contributed by atoms with van der Waals surface area (Å²) in [6, 6.07) is 8.11. The van der Waals surface area contributed by atoms with Crippen molar-refractivity contribution in [3.05, 3.63) is 47.0 Å². The molecule has 2 atom stereocenters. The van der Waals surface area contributed by atoms with E-state index in [-0.39, 0.29) is 0 Å². The third-order valence-corrected chi connectivity index (χ3v) is 3.12. The third kappa shape index (κ3) is 3.21. The molecule has 0 fully saturated rings. The predicted octanol–water partition coefficient (Wildman–Crippen LogP) is 4.11. The molecule has 0 aromatic heterocycles. The van der Waals surface area contributed by atoms with Crippen LogP contribution in [0.25, 0.3) is 0 Å². The van der Waals surface area contributed by atoms with E-state index in [4.69, 9.17) is 11.6 Å². The molecule has 1 nitrogen and oxygen atoms in total. The Hall–Kier alpha value is -1.08. The van der Waals surface area contributed by atoms with Gasteiger partial charge in [0, 0.05) is 11.2 Å². The molecule has 1 aliphatic rings.